The van der Waals surface area contributed by atoms with Crippen molar-refractivity contribution >= 4 is 0 Å². The SMILES string of the molecule is CC.CCCN(CCCNC)C(C)C. The number of nitrogens with one attached hydrogen (secondary N) is 1. The van der Waals surface area contributed by atoms with E-state index in [0.717, 1.165) is 6.54 Å². The smallest absolute Gasteiger partial charge is 0.00385 e. The van der Waals surface area contributed by atoms with Gasteiger partial charge in [-0.3, -0.25) is 0 Å². The van der Waals surface area contributed by atoms with Gasteiger partial charge in [-0.2, -0.15) is 0 Å². The molecular weight excluding hydrogens is 172 g/mol. The fraction of sp³-hybridized carbons (Fsp3) is 1.00. The van der Waals surface area contributed by atoms with Crippen LogP contribution >= 0.6 is 0 Å². The highest BCUT2D eigenvalue weighted by Gasteiger charge is 2.06. The van der Waals surface area contributed by atoms with E-state index in [-0.39, 0.29) is 0 Å². The topological polar surface area (TPSA) is 15.3 Å². The van der Waals surface area contributed by atoms with E-state index in [0.29, 0.717) is 6.04 Å². The molecule has 0 aromatic heterocycles. The van der Waals surface area contributed by atoms with Crippen LogP contribution in [-0.4, -0.2) is 37.6 Å². The van der Waals surface area contributed by atoms with Crippen LogP contribution in [-0.2, 0) is 0 Å². The van der Waals surface area contributed by atoms with Crippen molar-refractivity contribution in [1.82, 2.24) is 10.2 Å². The summed E-state index contributed by atoms with van der Waals surface area (Å²) in [6, 6.07) is 0.696. The van der Waals surface area contributed by atoms with Gasteiger partial charge in [0.05, 0.1) is 0 Å². The third-order valence-electron chi connectivity index (χ3n) is 2.11. The van der Waals surface area contributed by atoms with Gasteiger partial charge >= 0.3 is 0 Å². The van der Waals surface area contributed by atoms with Gasteiger partial charge in [-0.25, -0.2) is 0 Å². The van der Waals surface area contributed by atoms with Crippen molar-refractivity contribution in [1.29, 1.82) is 0 Å². The third kappa shape index (κ3) is 10.0. The third-order valence-corrected chi connectivity index (χ3v) is 2.11. The van der Waals surface area contributed by atoms with Crippen molar-refractivity contribution in [2.45, 2.75) is 53.5 Å². The Bertz CT molecular complexity index is 92.3. The average Bonchev–Trinajstić information content (AvgIpc) is 2.20. The Labute approximate surface area is 91.1 Å². The summed E-state index contributed by atoms with van der Waals surface area (Å²) in [4.78, 5) is 2.54. The molecule has 0 bridgehead atoms. The van der Waals surface area contributed by atoms with Crippen LogP contribution in [0.1, 0.15) is 47.5 Å². The first kappa shape index (κ1) is 16.4. The summed E-state index contributed by atoms with van der Waals surface area (Å²) < 4.78 is 0. The monoisotopic (exact) mass is 202 g/mol. The number of nitrogens with zero attached hydrogens (tertiary/aromatic N) is 1. The van der Waals surface area contributed by atoms with Crippen LogP contribution in [0.25, 0.3) is 0 Å². The van der Waals surface area contributed by atoms with E-state index in [9.17, 15) is 0 Å². The van der Waals surface area contributed by atoms with E-state index in [1.807, 2.05) is 20.9 Å². The maximum Gasteiger partial charge on any atom is 0.00385 e. The summed E-state index contributed by atoms with van der Waals surface area (Å²) >= 11 is 0. The first-order chi connectivity index (χ1) is 6.72. The molecule has 0 aromatic carbocycles. The molecule has 0 heterocycles. The molecule has 0 saturated carbocycles. The van der Waals surface area contributed by atoms with Crippen LogP contribution < -0.4 is 5.32 Å². The minimum Gasteiger partial charge on any atom is -0.320 e. The lowest BCUT2D eigenvalue weighted by molar-refractivity contribution is 0.219. The Morgan fingerprint density at radius 3 is 2.07 bits per heavy atom. The second kappa shape index (κ2) is 12.9. The van der Waals surface area contributed by atoms with E-state index in [1.165, 1.54) is 25.9 Å². The van der Waals surface area contributed by atoms with Gasteiger partial charge in [0, 0.05) is 6.04 Å². The molecule has 0 rings (SSSR count). The zero-order valence-electron chi connectivity index (χ0n) is 11.1. The number of rotatable bonds is 7. The zero-order valence-corrected chi connectivity index (χ0v) is 11.1. The lowest BCUT2D eigenvalue weighted by atomic mass is 10.2. The Morgan fingerprint density at radius 2 is 1.71 bits per heavy atom. The molecule has 0 radical (unpaired) electrons. The second-order valence-electron chi connectivity index (χ2n) is 3.59. The van der Waals surface area contributed by atoms with Gasteiger partial charge in [0.1, 0.15) is 0 Å². The molecule has 1 N–H and O–H groups in total. The quantitative estimate of drug-likeness (QED) is 0.639. The molecule has 0 aliphatic heterocycles. The Kier molecular flexibility index (Phi) is 15.1. The predicted molar refractivity (Wildman–Crippen MR) is 66.9 cm³/mol. The fourth-order valence-corrected chi connectivity index (χ4v) is 1.37. The molecule has 0 amide bonds. The highest BCUT2D eigenvalue weighted by molar-refractivity contribution is 4.62. The molecule has 2 heteroatoms. The molecule has 0 aromatic rings. The summed E-state index contributed by atoms with van der Waals surface area (Å²) in [7, 11) is 2.01. The van der Waals surface area contributed by atoms with Gasteiger partial charge in [-0.05, 0) is 53.4 Å². The standard InChI is InChI=1S/C10H24N2.C2H6/c1-5-8-12(10(2)3)9-6-7-11-4;1-2/h10-11H,5-9H2,1-4H3;1-2H3. The first-order valence-corrected chi connectivity index (χ1v) is 6.11. The summed E-state index contributed by atoms with van der Waals surface area (Å²) in [6.07, 6.45) is 2.52. The molecule has 0 atom stereocenters. The highest BCUT2D eigenvalue weighted by atomic mass is 15.1. The van der Waals surface area contributed by atoms with Crippen LogP contribution in [0.3, 0.4) is 0 Å². The van der Waals surface area contributed by atoms with E-state index in [4.69, 9.17) is 0 Å². The minimum atomic E-state index is 0.696. The van der Waals surface area contributed by atoms with Gasteiger partial charge in [0.2, 0.25) is 0 Å². The zero-order chi connectivity index (χ0) is 11.4. The van der Waals surface area contributed by atoms with Crippen molar-refractivity contribution in [3.8, 4) is 0 Å². The van der Waals surface area contributed by atoms with E-state index in [2.05, 4.69) is 31.0 Å². The van der Waals surface area contributed by atoms with Crippen molar-refractivity contribution in [2.75, 3.05) is 26.7 Å². The van der Waals surface area contributed by atoms with Crippen LogP contribution in [0.15, 0.2) is 0 Å². The predicted octanol–water partition coefficient (Wildman–Crippen LogP) is 2.74. The second-order valence-corrected chi connectivity index (χ2v) is 3.59. The van der Waals surface area contributed by atoms with Gasteiger partial charge < -0.3 is 10.2 Å². The summed E-state index contributed by atoms with van der Waals surface area (Å²) in [5, 5.41) is 3.18. The van der Waals surface area contributed by atoms with Gasteiger partial charge in [0.15, 0.2) is 0 Å². The Morgan fingerprint density at radius 1 is 1.14 bits per heavy atom. The van der Waals surface area contributed by atoms with E-state index in [1.54, 1.807) is 0 Å². The molecule has 88 valence electrons. The average molecular weight is 202 g/mol. The summed E-state index contributed by atoms with van der Waals surface area (Å²) in [5.74, 6) is 0. The maximum atomic E-state index is 3.18. The molecule has 2 nitrogen and oxygen atoms in total. The summed E-state index contributed by atoms with van der Waals surface area (Å²) in [6.45, 7) is 14.4. The molecule has 0 unspecified atom stereocenters. The Balaban J connectivity index is 0. The van der Waals surface area contributed by atoms with Crippen LogP contribution in [0, 0.1) is 0 Å². The van der Waals surface area contributed by atoms with Crippen LogP contribution in [0.5, 0.6) is 0 Å². The molecular formula is C12H30N2. The van der Waals surface area contributed by atoms with E-state index >= 15 is 0 Å². The molecule has 0 spiro atoms. The number of hydrogen-bond donors (Lipinski definition) is 1. The van der Waals surface area contributed by atoms with Gasteiger partial charge in [-0.15, -0.1) is 0 Å². The molecule has 0 fully saturated rings. The van der Waals surface area contributed by atoms with Gasteiger partial charge in [-0.1, -0.05) is 20.8 Å². The fourth-order valence-electron chi connectivity index (χ4n) is 1.37. The van der Waals surface area contributed by atoms with Crippen LogP contribution in [0.2, 0.25) is 0 Å². The van der Waals surface area contributed by atoms with Crippen molar-refractivity contribution in [2.24, 2.45) is 0 Å². The largest absolute Gasteiger partial charge is 0.320 e. The lowest BCUT2D eigenvalue weighted by Crippen LogP contribution is -2.33. The van der Waals surface area contributed by atoms with Crippen molar-refractivity contribution in [3.63, 3.8) is 0 Å². The number of hydrogen-bond acceptors (Lipinski definition) is 2. The molecule has 0 aliphatic rings. The lowest BCUT2D eigenvalue weighted by Gasteiger charge is -2.25. The highest BCUT2D eigenvalue weighted by Crippen LogP contribution is 2.00. The Hall–Kier alpha value is -0.0800. The van der Waals surface area contributed by atoms with E-state index < -0.39 is 0 Å². The molecule has 0 saturated heterocycles. The first-order valence-electron chi connectivity index (χ1n) is 6.11. The van der Waals surface area contributed by atoms with Crippen molar-refractivity contribution < 1.29 is 0 Å². The summed E-state index contributed by atoms with van der Waals surface area (Å²) in [5.41, 5.74) is 0. The maximum absolute atomic E-state index is 3.18. The van der Waals surface area contributed by atoms with Crippen LogP contribution in [0.4, 0.5) is 0 Å². The van der Waals surface area contributed by atoms with Gasteiger partial charge in [0.25, 0.3) is 0 Å². The minimum absolute atomic E-state index is 0.696. The molecule has 14 heavy (non-hydrogen) atoms. The normalized spacial score (nSPS) is 10.3. The van der Waals surface area contributed by atoms with Crippen molar-refractivity contribution in [3.05, 3.63) is 0 Å². The molecule has 0 aliphatic carbocycles.